The molecule has 0 spiro atoms. The first-order valence-corrected chi connectivity index (χ1v) is 9.58. The second-order valence-corrected chi connectivity index (χ2v) is 8.67. The van der Waals surface area contributed by atoms with E-state index in [2.05, 4.69) is 10.6 Å². The molecule has 1 aromatic carbocycles. The topological polar surface area (TPSA) is 58.2 Å². The highest BCUT2D eigenvalue weighted by Crippen LogP contribution is 2.61. The van der Waals surface area contributed by atoms with Crippen LogP contribution in [-0.2, 0) is 4.79 Å². The van der Waals surface area contributed by atoms with Gasteiger partial charge in [0.25, 0.3) is 5.91 Å². The summed E-state index contributed by atoms with van der Waals surface area (Å²) in [6.07, 6.45) is 7.24. The van der Waals surface area contributed by atoms with Crippen molar-refractivity contribution in [2.45, 2.75) is 51.5 Å². The van der Waals surface area contributed by atoms with Crippen molar-refractivity contribution in [3.63, 3.8) is 0 Å². The lowest BCUT2D eigenvalue weighted by Crippen LogP contribution is -2.61. The lowest BCUT2D eigenvalue weighted by atomic mass is 9.47. The first kappa shape index (κ1) is 16.6. The van der Waals surface area contributed by atoms with Crippen LogP contribution in [0.5, 0.6) is 0 Å². The minimum Gasteiger partial charge on any atom is -0.357 e. The van der Waals surface area contributed by atoms with Crippen LogP contribution in [0.15, 0.2) is 24.3 Å². The van der Waals surface area contributed by atoms with Gasteiger partial charge in [-0.05, 0) is 75.3 Å². The highest BCUT2D eigenvalue weighted by Gasteiger charge is 2.56. The molecule has 25 heavy (non-hydrogen) atoms. The summed E-state index contributed by atoms with van der Waals surface area (Å²) in [6, 6.07) is 7.14. The molecule has 0 aliphatic heterocycles. The largest absolute Gasteiger partial charge is 0.357 e. The van der Waals surface area contributed by atoms with E-state index in [1.807, 2.05) is 31.2 Å². The summed E-state index contributed by atoms with van der Waals surface area (Å²) >= 11 is 0. The quantitative estimate of drug-likeness (QED) is 0.885. The molecule has 5 rings (SSSR count). The molecular formula is C21H28N2O2. The van der Waals surface area contributed by atoms with Gasteiger partial charge in [0.2, 0.25) is 5.91 Å². The van der Waals surface area contributed by atoms with Gasteiger partial charge in [-0.25, -0.2) is 0 Å². The standard InChI is InChI=1S/C21H28N2O2/c1-13-3-5-17(6-4-13)19(24)23-18(20(25)22-2)21-10-14-7-15(11-21)9-16(8-14)12-21/h3-6,14-16,18H,7-12H2,1-2H3,(H,22,25)(H,23,24)/t14?,15?,16?,18-,21?/m1/s1. The molecule has 4 saturated carbocycles. The Morgan fingerprint density at radius 1 is 1.00 bits per heavy atom. The molecule has 1 atom stereocenters. The number of rotatable bonds is 4. The molecular weight excluding hydrogens is 312 g/mol. The zero-order chi connectivity index (χ0) is 17.6. The van der Waals surface area contributed by atoms with Crippen molar-refractivity contribution in [3.05, 3.63) is 35.4 Å². The molecule has 1 aromatic rings. The first-order valence-electron chi connectivity index (χ1n) is 9.58. The van der Waals surface area contributed by atoms with E-state index >= 15 is 0 Å². The van der Waals surface area contributed by atoms with Gasteiger partial charge in [0.15, 0.2) is 0 Å². The summed E-state index contributed by atoms with van der Waals surface area (Å²) in [5.41, 5.74) is 1.71. The molecule has 0 saturated heterocycles. The van der Waals surface area contributed by atoms with E-state index in [0.717, 1.165) is 42.6 Å². The lowest BCUT2D eigenvalue weighted by Gasteiger charge is -2.58. The molecule has 0 heterocycles. The molecule has 4 bridgehead atoms. The minimum atomic E-state index is -0.417. The third-order valence-corrected chi connectivity index (χ3v) is 6.80. The Labute approximate surface area is 149 Å². The van der Waals surface area contributed by atoms with Gasteiger partial charge < -0.3 is 10.6 Å². The molecule has 0 radical (unpaired) electrons. The van der Waals surface area contributed by atoms with Crippen LogP contribution in [-0.4, -0.2) is 24.9 Å². The van der Waals surface area contributed by atoms with Crippen LogP contribution < -0.4 is 10.6 Å². The summed E-state index contributed by atoms with van der Waals surface area (Å²) in [4.78, 5) is 25.5. The molecule has 0 aromatic heterocycles. The van der Waals surface area contributed by atoms with E-state index in [1.165, 1.54) is 19.3 Å². The number of amides is 2. The Morgan fingerprint density at radius 3 is 2.00 bits per heavy atom. The molecule has 2 amide bonds. The predicted octanol–water partition coefficient (Wildman–Crippen LogP) is 3.06. The van der Waals surface area contributed by atoms with E-state index in [4.69, 9.17) is 0 Å². The number of carbonyl (C=O) groups excluding carboxylic acids is 2. The SMILES string of the molecule is CNC(=O)[C@@H](NC(=O)c1ccc(C)cc1)C12CC3CC(CC(C3)C1)C2. The third kappa shape index (κ3) is 2.96. The highest BCUT2D eigenvalue weighted by atomic mass is 16.2. The fraction of sp³-hybridized carbons (Fsp3) is 0.619. The van der Waals surface area contributed by atoms with E-state index < -0.39 is 6.04 Å². The Morgan fingerprint density at radius 2 is 1.52 bits per heavy atom. The van der Waals surface area contributed by atoms with Crippen LogP contribution in [0, 0.1) is 30.1 Å². The average Bonchev–Trinajstić information content (AvgIpc) is 2.58. The van der Waals surface area contributed by atoms with Crippen LogP contribution in [0.2, 0.25) is 0 Å². The van der Waals surface area contributed by atoms with Crippen LogP contribution in [0.1, 0.15) is 54.4 Å². The number of aryl methyl sites for hydroxylation is 1. The second kappa shape index (κ2) is 6.15. The van der Waals surface area contributed by atoms with Crippen molar-refractivity contribution < 1.29 is 9.59 Å². The molecule has 134 valence electrons. The Bertz CT molecular complexity index is 644. The molecule has 4 nitrogen and oxygen atoms in total. The van der Waals surface area contributed by atoms with Gasteiger partial charge in [0.05, 0.1) is 0 Å². The Balaban J connectivity index is 1.59. The Hall–Kier alpha value is -1.84. The Kier molecular flexibility index (Phi) is 4.09. The van der Waals surface area contributed by atoms with Gasteiger partial charge in [0, 0.05) is 18.0 Å². The van der Waals surface area contributed by atoms with Gasteiger partial charge in [-0.1, -0.05) is 17.7 Å². The number of carbonyl (C=O) groups is 2. The van der Waals surface area contributed by atoms with Crippen LogP contribution in [0.25, 0.3) is 0 Å². The number of nitrogens with one attached hydrogen (secondary N) is 2. The molecule has 4 aliphatic rings. The van der Waals surface area contributed by atoms with Crippen molar-refractivity contribution in [1.29, 1.82) is 0 Å². The van der Waals surface area contributed by atoms with E-state index in [-0.39, 0.29) is 17.2 Å². The smallest absolute Gasteiger partial charge is 0.251 e. The fourth-order valence-electron chi connectivity index (χ4n) is 6.09. The van der Waals surface area contributed by atoms with Crippen LogP contribution >= 0.6 is 0 Å². The van der Waals surface area contributed by atoms with Crippen LogP contribution in [0.3, 0.4) is 0 Å². The maximum Gasteiger partial charge on any atom is 0.251 e. The summed E-state index contributed by atoms with van der Waals surface area (Å²) in [5.74, 6) is 2.06. The average molecular weight is 340 g/mol. The number of hydrogen-bond acceptors (Lipinski definition) is 2. The van der Waals surface area contributed by atoms with E-state index in [9.17, 15) is 9.59 Å². The van der Waals surface area contributed by atoms with Gasteiger partial charge >= 0.3 is 0 Å². The zero-order valence-electron chi connectivity index (χ0n) is 15.2. The maximum absolute atomic E-state index is 12.8. The van der Waals surface area contributed by atoms with Gasteiger partial charge in [-0.2, -0.15) is 0 Å². The first-order chi connectivity index (χ1) is 12.0. The molecule has 0 unspecified atom stereocenters. The van der Waals surface area contributed by atoms with Crippen LogP contribution in [0.4, 0.5) is 0 Å². The third-order valence-electron chi connectivity index (χ3n) is 6.80. The zero-order valence-corrected chi connectivity index (χ0v) is 15.2. The second-order valence-electron chi connectivity index (χ2n) is 8.67. The predicted molar refractivity (Wildman–Crippen MR) is 97.1 cm³/mol. The number of hydrogen-bond donors (Lipinski definition) is 2. The monoisotopic (exact) mass is 340 g/mol. The molecule has 4 fully saturated rings. The van der Waals surface area contributed by atoms with Crippen molar-refractivity contribution in [2.75, 3.05) is 7.05 Å². The summed E-state index contributed by atoms with van der Waals surface area (Å²) in [6.45, 7) is 2.00. The van der Waals surface area contributed by atoms with Crippen molar-refractivity contribution in [2.24, 2.45) is 23.2 Å². The maximum atomic E-state index is 12.8. The lowest BCUT2D eigenvalue weighted by molar-refractivity contribution is -0.134. The number of benzene rings is 1. The van der Waals surface area contributed by atoms with E-state index in [1.54, 1.807) is 7.05 Å². The summed E-state index contributed by atoms with van der Waals surface area (Å²) < 4.78 is 0. The summed E-state index contributed by atoms with van der Waals surface area (Å²) in [5, 5.41) is 5.91. The molecule has 4 aliphatic carbocycles. The van der Waals surface area contributed by atoms with Crippen molar-refractivity contribution in [3.8, 4) is 0 Å². The van der Waals surface area contributed by atoms with Crippen molar-refractivity contribution >= 4 is 11.8 Å². The van der Waals surface area contributed by atoms with Gasteiger partial charge in [-0.3, -0.25) is 9.59 Å². The summed E-state index contributed by atoms with van der Waals surface area (Å²) in [7, 11) is 1.67. The molecule has 4 heteroatoms. The van der Waals surface area contributed by atoms with Gasteiger partial charge in [0.1, 0.15) is 6.04 Å². The van der Waals surface area contributed by atoms with E-state index in [0.29, 0.717) is 5.56 Å². The molecule has 2 N–H and O–H groups in total. The number of likely N-dealkylation sites (N-methyl/N-ethyl adjacent to an activating group) is 1. The normalized spacial score (nSPS) is 33.8. The fourth-order valence-corrected chi connectivity index (χ4v) is 6.09. The minimum absolute atomic E-state index is 0.0394. The van der Waals surface area contributed by atoms with Crippen molar-refractivity contribution in [1.82, 2.24) is 10.6 Å². The van der Waals surface area contributed by atoms with Gasteiger partial charge in [-0.15, -0.1) is 0 Å². The highest BCUT2D eigenvalue weighted by molar-refractivity contribution is 5.97.